The highest BCUT2D eigenvalue weighted by molar-refractivity contribution is 9.10. The van der Waals surface area contributed by atoms with Gasteiger partial charge in [0.15, 0.2) is 0 Å². The molecule has 0 amide bonds. The quantitative estimate of drug-likeness (QED) is 0.923. The molecule has 1 aromatic carbocycles. The molecule has 0 saturated heterocycles. The van der Waals surface area contributed by atoms with Gasteiger partial charge >= 0.3 is 0 Å². The summed E-state index contributed by atoms with van der Waals surface area (Å²) in [4.78, 5) is 4.09. The lowest BCUT2D eigenvalue weighted by Gasteiger charge is -2.10. The molecule has 0 aliphatic rings. The fourth-order valence-electron chi connectivity index (χ4n) is 1.66. The summed E-state index contributed by atoms with van der Waals surface area (Å²) in [5.74, 6) is 0.760. The molecule has 5 heteroatoms. The monoisotopic (exact) mass is 310 g/mol. The van der Waals surface area contributed by atoms with Gasteiger partial charge in [-0.2, -0.15) is 0 Å². The molecule has 1 N–H and O–H groups in total. The maximum absolute atomic E-state index is 9.03. The Labute approximate surface area is 114 Å². The van der Waals surface area contributed by atoms with Crippen LogP contribution in [0.1, 0.15) is 18.2 Å². The van der Waals surface area contributed by atoms with E-state index in [2.05, 4.69) is 27.8 Å². The van der Waals surface area contributed by atoms with Crippen molar-refractivity contribution in [1.82, 2.24) is 9.55 Å². The van der Waals surface area contributed by atoms with Crippen LogP contribution in [0.15, 0.2) is 35.2 Å². The Morgan fingerprint density at radius 2 is 2.28 bits per heavy atom. The second-order valence-electron chi connectivity index (χ2n) is 3.88. The molecule has 0 aliphatic heterocycles. The van der Waals surface area contributed by atoms with E-state index in [0.29, 0.717) is 6.61 Å². The largest absolute Gasteiger partial charge is 0.486 e. The highest BCUT2D eigenvalue weighted by Crippen LogP contribution is 2.26. The van der Waals surface area contributed by atoms with Gasteiger partial charge in [-0.3, -0.25) is 0 Å². The van der Waals surface area contributed by atoms with Crippen LogP contribution in [0.4, 0.5) is 0 Å². The molecule has 0 aliphatic carbocycles. The summed E-state index contributed by atoms with van der Waals surface area (Å²) in [7, 11) is 0. The minimum Gasteiger partial charge on any atom is -0.486 e. The molecule has 1 heterocycles. The van der Waals surface area contributed by atoms with Crippen LogP contribution < -0.4 is 4.74 Å². The number of aryl methyl sites for hydroxylation is 1. The van der Waals surface area contributed by atoms with E-state index < -0.39 is 0 Å². The molecule has 0 saturated carbocycles. The van der Waals surface area contributed by atoms with E-state index in [9.17, 15) is 0 Å². The zero-order valence-electron chi connectivity index (χ0n) is 10.1. The van der Waals surface area contributed by atoms with Crippen LogP contribution in [-0.2, 0) is 19.8 Å². The number of nitrogens with zero attached hydrogens (tertiary/aromatic N) is 2. The van der Waals surface area contributed by atoms with Gasteiger partial charge in [-0.25, -0.2) is 4.98 Å². The van der Waals surface area contributed by atoms with Gasteiger partial charge in [0.05, 0.1) is 29.3 Å². The minimum atomic E-state index is 0.0293. The number of imidazole rings is 1. The molecule has 2 rings (SSSR count). The molecular formula is C13H15BrN2O2. The maximum atomic E-state index is 9.03. The van der Waals surface area contributed by atoms with E-state index in [0.717, 1.165) is 28.0 Å². The predicted octanol–water partition coefficient (Wildman–Crippen LogP) is 2.74. The number of benzene rings is 1. The molecule has 0 bridgehead atoms. The van der Waals surface area contributed by atoms with Crippen molar-refractivity contribution in [3.8, 4) is 5.75 Å². The summed E-state index contributed by atoms with van der Waals surface area (Å²) >= 11 is 3.43. The van der Waals surface area contributed by atoms with Crippen LogP contribution in [-0.4, -0.2) is 14.7 Å². The second kappa shape index (κ2) is 6.02. The molecule has 0 unspecified atom stereocenters. The minimum absolute atomic E-state index is 0.0293. The van der Waals surface area contributed by atoms with Crippen LogP contribution in [0.5, 0.6) is 5.75 Å². The lowest BCUT2D eigenvalue weighted by molar-refractivity contribution is 0.279. The van der Waals surface area contributed by atoms with Gasteiger partial charge in [-0.05, 0) is 40.5 Å². The molecule has 1 aromatic heterocycles. The molecule has 4 nitrogen and oxygen atoms in total. The lowest BCUT2D eigenvalue weighted by atomic mass is 10.2. The van der Waals surface area contributed by atoms with Crippen LogP contribution in [0.3, 0.4) is 0 Å². The van der Waals surface area contributed by atoms with Crippen LogP contribution in [0.25, 0.3) is 0 Å². The molecule has 0 radical (unpaired) electrons. The maximum Gasteiger partial charge on any atom is 0.134 e. The highest BCUT2D eigenvalue weighted by Gasteiger charge is 2.05. The van der Waals surface area contributed by atoms with Gasteiger partial charge in [0.1, 0.15) is 12.4 Å². The van der Waals surface area contributed by atoms with Crippen molar-refractivity contribution in [2.24, 2.45) is 0 Å². The van der Waals surface area contributed by atoms with E-state index in [1.54, 1.807) is 12.5 Å². The Morgan fingerprint density at radius 3 is 2.94 bits per heavy atom. The first-order valence-electron chi connectivity index (χ1n) is 5.75. The molecular weight excluding hydrogens is 296 g/mol. The number of halogens is 1. The Hall–Kier alpha value is -1.33. The van der Waals surface area contributed by atoms with Crippen LogP contribution in [0, 0.1) is 0 Å². The van der Waals surface area contributed by atoms with Crippen molar-refractivity contribution < 1.29 is 9.84 Å². The van der Waals surface area contributed by atoms with Crippen LogP contribution >= 0.6 is 15.9 Å². The third kappa shape index (κ3) is 2.91. The number of aliphatic hydroxyl groups is 1. The third-order valence-corrected chi connectivity index (χ3v) is 3.31. The molecule has 0 atom stereocenters. The van der Waals surface area contributed by atoms with E-state index in [-0.39, 0.29) is 6.61 Å². The fourth-order valence-corrected chi connectivity index (χ4v) is 2.21. The lowest BCUT2D eigenvalue weighted by Crippen LogP contribution is -2.04. The molecule has 96 valence electrons. The first-order chi connectivity index (χ1) is 8.74. The van der Waals surface area contributed by atoms with Crippen molar-refractivity contribution in [3.05, 3.63) is 46.5 Å². The van der Waals surface area contributed by atoms with Gasteiger partial charge in [0, 0.05) is 6.54 Å². The van der Waals surface area contributed by atoms with E-state index in [1.165, 1.54) is 0 Å². The van der Waals surface area contributed by atoms with E-state index in [4.69, 9.17) is 9.84 Å². The van der Waals surface area contributed by atoms with E-state index in [1.807, 2.05) is 22.8 Å². The average molecular weight is 311 g/mol. The summed E-state index contributed by atoms with van der Waals surface area (Å²) in [5.41, 5.74) is 1.89. The third-order valence-electron chi connectivity index (χ3n) is 2.69. The Morgan fingerprint density at radius 1 is 1.44 bits per heavy atom. The van der Waals surface area contributed by atoms with Crippen molar-refractivity contribution in [2.75, 3.05) is 0 Å². The van der Waals surface area contributed by atoms with Crippen molar-refractivity contribution in [1.29, 1.82) is 0 Å². The van der Waals surface area contributed by atoms with Gasteiger partial charge < -0.3 is 14.4 Å². The Balaban J connectivity index is 2.06. The number of rotatable bonds is 5. The van der Waals surface area contributed by atoms with Crippen LogP contribution in [0.2, 0.25) is 0 Å². The van der Waals surface area contributed by atoms with E-state index >= 15 is 0 Å². The van der Waals surface area contributed by atoms with Gasteiger partial charge in [0.25, 0.3) is 0 Å². The Kier molecular flexibility index (Phi) is 4.38. The smallest absolute Gasteiger partial charge is 0.134 e. The van der Waals surface area contributed by atoms with Crippen molar-refractivity contribution in [3.63, 3.8) is 0 Å². The SMILES string of the molecule is CCn1cncc1COc1ccc(CO)cc1Br. The van der Waals surface area contributed by atoms with Gasteiger partial charge in [-0.1, -0.05) is 6.07 Å². The van der Waals surface area contributed by atoms with Crippen molar-refractivity contribution in [2.45, 2.75) is 26.7 Å². The normalized spacial score (nSPS) is 10.6. The zero-order valence-corrected chi connectivity index (χ0v) is 11.7. The number of hydrogen-bond acceptors (Lipinski definition) is 3. The van der Waals surface area contributed by atoms with Gasteiger partial charge in [0.2, 0.25) is 0 Å². The molecule has 18 heavy (non-hydrogen) atoms. The highest BCUT2D eigenvalue weighted by atomic mass is 79.9. The average Bonchev–Trinajstić information content (AvgIpc) is 2.84. The topological polar surface area (TPSA) is 47.3 Å². The molecule has 2 aromatic rings. The predicted molar refractivity (Wildman–Crippen MR) is 72.3 cm³/mol. The van der Waals surface area contributed by atoms with Crippen molar-refractivity contribution >= 4 is 15.9 Å². The summed E-state index contributed by atoms with van der Waals surface area (Å²) < 4.78 is 8.62. The molecule has 0 spiro atoms. The number of aliphatic hydroxyl groups excluding tert-OH is 1. The first-order valence-corrected chi connectivity index (χ1v) is 6.55. The summed E-state index contributed by atoms with van der Waals surface area (Å²) in [6, 6.07) is 5.55. The summed E-state index contributed by atoms with van der Waals surface area (Å²) in [6.45, 7) is 3.45. The standard InChI is InChI=1S/C13H15BrN2O2/c1-2-16-9-15-6-11(16)8-18-13-4-3-10(7-17)5-12(13)14/h3-6,9,17H,2,7-8H2,1H3. The summed E-state index contributed by atoms with van der Waals surface area (Å²) in [5, 5.41) is 9.03. The number of ether oxygens (including phenoxy) is 1. The summed E-state index contributed by atoms with van der Waals surface area (Å²) in [6.07, 6.45) is 3.60. The number of hydrogen-bond donors (Lipinski definition) is 1. The number of aromatic nitrogens is 2. The fraction of sp³-hybridized carbons (Fsp3) is 0.308. The first kappa shape index (κ1) is 13.1. The molecule has 0 fully saturated rings. The zero-order chi connectivity index (χ0) is 13.0. The second-order valence-corrected chi connectivity index (χ2v) is 4.74. The van der Waals surface area contributed by atoms with Gasteiger partial charge in [-0.15, -0.1) is 0 Å². The Bertz CT molecular complexity index is 525.